The van der Waals surface area contributed by atoms with Crippen LogP contribution in [-0.4, -0.2) is 59.5 Å². The molecule has 5 rings (SSSR count). The smallest absolute Gasteiger partial charge is 0.270 e. The molecular weight excluding hydrogens is 392 g/mol. The molecule has 0 aliphatic carbocycles. The molecule has 2 aromatic heterocycles. The van der Waals surface area contributed by atoms with Gasteiger partial charge in [-0.3, -0.25) is 9.48 Å². The van der Waals surface area contributed by atoms with E-state index in [-0.39, 0.29) is 29.0 Å². The fourth-order valence-electron chi connectivity index (χ4n) is 4.13. The van der Waals surface area contributed by atoms with Crippen molar-refractivity contribution >= 4 is 26.6 Å². The van der Waals surface area contributed by atoms with Gasteiger partial charge in [-0.25, -0.2) is 8.42 Å². The number of amides is 1. The summed E-state index contributed by atoms with van der Waals surface area (Å²) >= 11 is 0. The average molecular weight is 414 g/mol. The lowest BCUT2D eigenvalue weighted by atomic mass is 10.2. The maximum absolute atomic E-state index is 13.0. The van der Waals surface area contributed by atoms with Crippen LogP contribution < -0.4 is 0 Å². The molecule has 0 spiro atoms. The first-order valence-electron chi connectivity index (χ1n) is 9.73. The van der Waals surface area contributed by atoms with Crippen LogP contribution in [0.1, 0.15) is 22.6 Å². The highest BCUT2D eigenvalue weighted by molar-refractivity contribution is 7.91. The highest BCUT2D eigenvalue weighted by Crippen LogP contribution is 2.26. The monoisotopic (exact) mass is 414 g/mol. The number of aromatic nitrogens is 3. The second-order valence-electron chi connectivity index (χ2n) is 7.69. The maximum Gasteiger partial charge on any atom is 0.270 e. The molecule has 9 heteroatoms. The van der Waals surface area contributed by atoms with Gasteiger partial charge in [-0.2, -0.15) is 5.10 Å². The molecule has 1 atom stereocenters. The van der Waals surface area contributed by atoms with Gasteiger partial charge in [-0.15, -0.1) is 0 Å². The van der Waals surface area contributed by atoms with E-state index in [1.165, 1.54) is 6.20 Å². The first kappa shape index (κ1) is 18.4. The van der Waals surface area contributed by atoms with E-state index in [0.717, 1.165) is 17.3 Å². The minimum Gasteiger partial charge on any atom is -0.381 e. The zero-order valence-corrected chi connectivity index (χ0v) is 16.7. The molecule has 1 aromatic carbocycles. The van der Waals surface area contributed by atoms with Crippen LogP contribution >= 0.6 is 0 Å². The van der Waals surface area contributed by atoms with Gasteiger partial charge in [-0.1, -0.05) is 18.2 Å². The Morgan fingerprint density at radius 3 is 2.93 bits per heavy atom. The Morgan fingerprint density at radius 1 is 1.28 bits per heavy atom. The summed E-state index contributed by atoms with van der Waals surface area (Å²) in [5.74, 6) is -0.0637. The lowest BCUT2D eigenvalue weighted by Gasteiger charge is -2.28. The van der Waals surface area contributed by atoms with Crippen molar-refractivity contribution in [3.8, 4) is 0 Å². The number of ether oxygens (including phenoxy) is 1. The van der Waals surface area contributed by atoms with E-state index in [4.69, 9.17) is 4.74 Å². The topological polar surface area (TPSA) is 97.3 Å². The van der Waals surface area contributed by atoms with Crippen LogP contribution in [0.2, 0.25) is 0 Å². The normalized spacial score (nSPS) is 19.6. The number of carbonyl (C=O) groups excluding carboxylic acids is 1. The van der Waals surface area contributed by atoms with Crippen molar-refractivity contribution in [2.45, 2.75) is 24.4 Å². The SMILES string of the molecule is O=C(c1cc2ccccc2[nH]1)N1CCn2ncc(S(=O)(=O)CC3CCOC3)c2C1. The van der Waals surface area contributed by atoms with Crippen LogP contribution in [0.5, 0.6) is 0 Å². The second kappa shape index (κ2) is 7.00. The molecule has 3 aromatic rings. The van der Waals surface area contributed by atoms with Crippen molar-refractivity contribution in [2.24, 2.45) is 5.92 Å². The van der Waals surface area contributed by atoms with E-state index in [9.17, 15) is 13.2 Å². The Bertz CT molecular complexity index is 1140. The molecule has 4 heterocycles. The second-order valence-corrected chi connectivity index (χ2v) is 9.69. The lowest BCUT2D eigenvalue weighted by Crippen LogP contribution is -2.39. The quantitative estimate of drug-likeness (QED) is 0.703. The Balaban J connectivity index is 1.40. The summed E-state index contributed by atoms with van der Waals surface area (Å²) in [6, 6.07) is 9.55. The molecule has 1 fully saturated rings. The Hall–Kier alpha value is -2.65. The molecule has 152 valence electrons. The number of para-hydroxylation sites is 1. The van der Waals surface area contributed by atoms with Crippen molar-refractivity contribution in [1.29, 1.82) is 0 Å². The Kier molecular flexibility index (Phi) is 4.44. The lowest BCUT2D eigenvalue weighted by molar-refractivity contribution is 0.0698. The summed E-state index contributed by atoms with van der Waals surface area (Å²) in [4.78, 5) is 18.1. The number of aromatic amines is 1. The molecule has 2 aliphatic heterocycles. The number of rotatable bonds is 4. The number of benzene rings is 1. The molecule has 0 bridgehead atoms. The van der Waals surface area contributed by atoms with Gasteiger partial charge in [0.25, 0.3) is 5.91 Å². The highest BCUT2D eigenvalue weighted by Gasteiger charge is 2.32. The van der Waals surface area contributed by atoms with Gasteiger partial charge in [0.2, 0.25) is 0 Å². The van der Waals surface area contributed by atoms with Crippen molar-refractivity contribution in [2.75, 3.05) is 25.5 Å². The van der Waals surface area contributed by atoms with Crippen LogP contribution in [0.15, 0.2) is 41.4 Å². The number of nitrogens with zero attached hydrogens (tertiary/aromatic N) is 3. The summed E-state index contributed by atoms with van der Waals surface area (Å²) < 4.78 is 32.9. The molecule has 0 saturated carbocycles. The predicted octanol–water partition coefficient (Wildman–Crippen LogP) is 1.83. The van der Waals surface area contributed by atoms with E-state index in [2.05, 4.69) is 10.1 Å². The first-order chi connectivity index (χ1) is 14.0. The molecule has 2 aliphatic rings. The van der Waals surface area contributed by atoms with E-state index in [1.54, 1.807) is 9.58 Å². The van der Waals surface area contributed by atoms with Gasteiger partial charge in [0.15, 0.2) is 9.84 Å². The summed E-state index contributed by atoms with van der Waals surface area (Å²) in [7, 11) is -3.49. The molecule has 1 N–H and O–H groups in total. The zero-order valence-electron chi connectivity index (χ0n) is 15.9. The maximum atomic E-state index is 13.0. The molecular formula is C20H22N4O4S. The molecule has 1 amide bonds. The Labute approximate surface area is 168 Å². The van der Waals surface area contributed by atoms with E-state index >= 15 is 0 Å². The van der Waals surface area contributed by atoms with E-state index in [0.29, 0.717) is 37.7 Å². The Morgan fingerprint density at radius 2 is 2.14 bits per heavy atom. The van der Waals surface area contributed by atoms with Crippen molar-refractivity contribution in [1.82, 2.24) is 19.7 Å². The van der Waals surface area contributed by atoms with Gasteiger partial charge in [0.1, 0.15) is 10.6 Å². The first-order valence-corrected chi connectivity index (χ1v) is 11.4. The molecule has 1 unspecified atom stereocenters. The van der Waals surface area contributed by atoms with Crippen molar-refractivity contribution in [3.05, 3.63) is 47.9 Å². The fraction of sp³-hybridized carbons (Fsp3) is 0.400. The predicted molar refractivity (Wildman–Crippen MR) is 106 cm³/mol. The van der Waals surface area contributed by atoms with Crippen LogP contribution in [0.25, 0.3) is 10.9 Å². The summed E-state index contributed by atoms with van der Waals surface area (Å²) in [6.45, 7) is 2.28. The van der Waals surface area contributed by atoms with Crippen molar-refractivity contribution < 1.29 is 17.9 Å². The summed E-state index contributed by atoms with van der Waals surface area (Å²) in [6.07, 6.45) is 2.19. The van der Waals surface area contributed by atoms with Crippen LogP contribution in [-0.2, 0) is 27.7 Å². The van der Waals surface area contributed by atoms with Gasteiger partial charge in [-0.05, 0) is 24.5 Å². The van der Waals surface area contributed by atoms with Gasteiger partial charge >= 0.3 is 0 Å². The number of nitrogens with one attached hydrogen (secondary N) is 1. The van der Waals surface area contributed by atoms with Gasteiger partial charge < -0.3 is 14.6 Å². The standard InChI is InChI=1S/C20H22N4O4S/c25-20(17-9-15-3-1-2-4-16(15)22-17)23-6-7-24-18(11-23)19(10-21-24)29(26,27)13-14-5-8-28-12-14/h1-4,9-10,14,22H,5-8,11-13H2. The van der Waals surface area contributed by atoms with Crippen molar-refractivity contribution in [3.63, 3.8) is 0 Å². The highest BCUT2D eigenvalue weighted by atomic mass is 32.2. The number of fused-ring (bicyclic) bond motifs is 2. The average Bonchev–Trinajstić information content (AvgIpc) is 3.45. The third kappa shape index (κ3) is 3.34. The zero-order chi connectivity index (χ0) is 20.0. The minimum atomic E-state index is -3.49. The molecule has 0 radical (unpaired) electrons. The van der Waals surface area contributed by atoms with Crippen LogP contribution in [0.3, 0.4) is 0 Å². The number of hydrogen-bond acceptors (Lipinski definition) is 5. The molecule has 1 saturated heterocycles. The number of carbonyl (C=O) groups is 1. The number of hydrogen-bond donors (Lipinski definition) is 1. The third-order valence-corrected chi connectivity index (χ3v) is 7.62. The van der Waals surface area contributed by atoms with E-state index in [1.807, 2.05) is 30.3 Å². The largest absolute Gasteiger partial charge is 0.381 e. The fourth-order valence-corrected chi connectivity index (χ4v) is 5.93. The number of sulfone groups is 1. The molecule has 29 heavy (non-hydrogen) atoms. The minimum absolute atomic E-state index is 0.0169. The van der Waals surface area contributed by atoms with Crippen LogP contribution in [0, 0.1) is 5.92 Å². The van der Waals surface area contributed by atoms with Crippen LogP contribution in [0.4, 0.5) is 0 Å². The summed E-state index contributed by atoms with van der Waals surface area (Å²) in [5.41, 5.74) is 1.99. The van der Waals surface area contributed by atoms with E-state index < -0.39 is 9.84 Å². The van der Waals surface area contributed by atoms with Gasteiger partial charge in [0, 0.05) is 24.1 Å². The van der Waals surface area contributed by atoms with Gasteiger partial charge in [0.05, 0.1) is 37.3 Å². The molecule has 8 nitrogen and oxygen atoms in total. The number of H-pyrrole nitrogens is 1. The summed E-state index contributed by atoms with van der Waals surface area (Å²) in [5, 5.41) is 5.23. The third-order valence-electron chi connectivity index (χ3n) is 5.69.